The van der Waals surface area contributed by atoms with Crippen molar-refractivity contribution in [2.24, 2.45) is 0 Å². The average molecular weight is 526 g/mol. The van der Waals surface area contributed by atoms with Crippen molar-refractivity contribution in [2.45, 2.75) is 33.0 Å². The molecule has 0 atom stereocenters. The first-order chi connectivity index (χ1) is 16.4. The second-order valence-electron chi connectivity index (χ2n) is 8.46. The molecule has 0 bridgehead atoms. The molecule has 0 unspecified atom stereocenters. The number of amides is 2. The zero-order chi connectivity index (χ0) is 24.5. The van der Waals surface area contributed by atoms with E-state index in [-0.39, 0.29) is 24.4 Å². The predicted molar refractivity (Wildman–Crippen MR) is 138 cm³/mol. The molecule has 1 heterocycles. The summed E-state index contributed by atoms with van der Waals surface area (Å²) in [5.41, 5.74) is 2.78. The molecule has 0 radical (unpaired) electrons. The number of carbonyl (C=O) groups is 2. The van der Waals surface area contributed by atoms with Gasteiger partial charge >= 0.3 is 0 Å². The molecule has 0 N–H and O–H groups in total. The number of carbonyl (C=O) groups excluding carboxylic acids is 2. The molecule has 0 saturated carbocycles. The van der Waals surface area contributed by atoms with Crippen LogP contribution < -0.4 is 0 Å². The van der Waals surface area contributed by atoms with Gasteiger partial charge in [-0.3, -0.25) is 9.59 Å². The monoisotopic (exact) mass is 525 g/mol. The van der Waals surface area contributed by atoms with Crippen molar-refractivity contribution in [3.05, 3.63) is 94.2 Å². The van der Waals surface area contributed by atoms with Gasteiger partial charge in [0.15, 0.2) is 0 Å². The van der Waals surface area contributed by atoms with E-state index in [1.165, 1.54) is 5.56 Å². The lowest BCUT2D eigenvalue weighted by Gasteiger charge is -2.30. The lowest BCUT2D eigenvalue weighted by molar-refractivity contribution is -0.134. The number of ether oxygens (including phenoxy) is 1. The van der Waals surface area contributed by atoms with Crippen molar-refractivity contribution in [3.63, 3.8) is 0 Å². The molecular weight excluding hydrogens is 494 g/mol. The summed E-state index contributed by atoms with van der Waals surface area (Å²) in [6.07, 6.45) is 2.03. The Balaban J connectivity index is 1.75. The van der Waals surface area contributed by atoms with E-state index in [1.54, 1.807) is 24.1 Å². The zero-order valence-corrected chi connectivity index (χ0v) is 21.6. The number of nitrogens with zero attached hydrogens (tertiary/aromatic N) is 3. The summed E-state index contributed by atoms with van der Waals surface area (Å²) in [4.78, 5) is 30.0. The first-order valence-electron chi connectivity index (χ1n) is 11.4. The molecule has 7 heteroatoms. The fourth-order valence-corrected chi connectivity index (χ4v) is 4.17. The number of halogens is 1. The van der Waals surface area contributed by atoms with Crippen LogP contribution >= 0.6 is 15.9 Å². The maximum absolute atomic E-state index is 13.4. The van der Waals surface area contributed by atoms with Crippen molar-refractivity contribution >= 4 is 27.7 Å². The Morgan fingerprint density at radius 1 is 1.03 bits per heavy atom. The van der Waals surface area contributed by atoms with Crippen LogP contribution in [-0.2, 0) is 22.6 Å². The third kappa shape index (κ3) is 7.05. The SMILES string of the molecule is COCCN(CC(=O)N(Cc1cccn1Cc1ccccc1)C(C)C)C(=O)c1cccc(Br)c1. The van der Waals surface area contributed by atoms with E-state index in [0.717, 1.165) is 16.7 Å². The Hall–Kier alpha value is -2.90. The van der Waals surface area contributed by atoms with Crippen LogP contribution in [0, 0.1) is 0 Å². The number of hydrogen-bond donors (Lipinski definition) is 0. The van der Waals surface area contributed by atoms with E-state index < -0.39 is 0 Å². The second-order valence-corrected chi connectivity index (χ2v) is 9.37. The van der Waals surface area contributed by atoms with E-state index in [0.29, 0.717) is 25.3 Å². The van der Waals surface area contributed by atoms with Gasteiger partial charge in [0.1, 0.15) is 6.54 Å². The molecule has 2 aromatic carbocycles. The zero-order valence-electron chi connectivity index (χ0n) is 20.0. The van der Waals surface area contributed by atoms with Gasteiger partial charge in [0.25, 0.3) is 5.91 Å². The molecule has 6 nitrogen and oxygen atoms in total. The van der Waals surface area contributed by atoms with Crippen LogP contribution in [0.2, 0.25) is 0 Å². The van der Waals surface area contributed by atoms with Crippen LogP contribution in [0.1, 0.15) is 35.5 Å². The molecule has 3 rings (SSSR count). The molecule has 2 amide bonds. The molecule has 34 heavy (non-hydrogen) atoms. The third-order valence-corrected chi connectivity index (χ3v) is 6.14. The lowest BCUT2D eigenvalue weighted by atomic mass is 10.2. The number of benzene rings is 2. The number of rotatable bonds is 11. The Morgan fingerprint density at radius 3 is 2.47 bits per heavy atom. The van der Waals surface area contributed by atoms with Gasteiger partial charge in [0.2, 0.25) is 5.91 Å². The highest BCUT2D eigenvalue weighted by atomic mass is 79.9. The number of hydrogen-bond acceptors (Lipinski definition) is 3. The Bertz CT molecular complexity index is 1080. The van der Waals surface area contributed by atoms with Crippen molar-refractivity contribution in [1.82, 2.24) is 14.4 Å². The number of methoxy groups -OCH3 is 1. The summed E-state index contributed by atoms with van der Waals surface area (Å²) < 4.78 is 8.18. The molecule has 1 aromatic heterocycles. The van der Waals surface area contributed by atoms with Gasteiger partial charge in [-0.1, -0.05) is 52.3 Å². The quantitative estimate of drug-likeness (QED) is 0.360. The summed E-state index contributed by atoms with van der Waals surface area (Å²) in [6.45, 7) is 5.89. The first-order valence-corrected chi connectivity index (χ1v) is 12.2. The normalized spacial score (nSPS) is 11.0. The van der Waals surface area contributed by atoms with Crippen LogP contribution in [0.15, 0.2) is 77.4 Å². The van der Waals surface area contributed by atoms with E-state index in [2.05, 4.69) is 32.6 Å². The van der Waals surface area contributed by atoms with Gasteiger partial charge in [-0.15, -0.1) is 0 Å². The predicted octanol–water partition coefficient (Wildman–Crippen LogP) is 4.82. The van der Waals surface area contributed by atoms with Crippen molar-refractivity contribution in [2.75, 3.05) is 26.8 Å². The Morgan fingerprint density at radius 2 is 1.79 bits per heavy atom. The van der Waals surface area contributed by atoms with E-state index in [9.17, 15) is 9.59 Å². The summed E-state index contributed by atoms with van der Waals surface area (Å²) in [5, 5.41) is 0. The minimum atomic E-state index is -0.192. The lowest BCUT2D eigenvalue weighted by Crippen LogP contribution is -2.46. The van der Waals surface area contributed by atoms with Gasteiger partial charge in [-0.2, -0.15) is 0 Å². The first kappa shape index (κ1) is 25.7. The van der Waals surface area contributed by atoms with E-state index >= 15 is 0 Å². The largest absolute Gasteiger partial charge is 0.383 e. The van der Waals surface area contributed by atoms with Gasteiger partial charge in [-0.05, 0) is 49.7 Å². The molecule has 0 fully saturated rings. The van der Waals surface area contributed by atoms with Crippen LogP contribution in [0.4, 0.5) is 0 Å². The highest BCUT2D eigenvalue weighted by Crippen LogP contribution is 2.16. The summed E-state index contributed by atoms with van der Waals surface area (Å²) in [6, 6.07) is 21.5. The molecule has 0 aliphatic carbocycles. The molecule has 0 saturated heterocycles. The van der Waals surface area contributed by atoms with Gasteiger partial charge in [0, 0.05) is 48.2 Å². The maximum atomic E-state index is 13.4. The highest BCUT2D eigenvalue weighted by molar-refractivity contribution is 9.10. The van der Waals surface area contributed by atoms with E-state index in [1.807, 2.05) is 67.4 Å². The third-order valence-electron chi connectivity index (χ3n) is 5.65. The fourth-order valence-electron chi connectivity index (χ4n) is 3.77. The average Bonchev–Trinajstić information content (AvgIpc) is 3.26. The van der Waals surface area contributed by atoms with Gasteiger partial charge in [0.05, 0.1) is 13.2 Å². The van der Waals surface area contributed by atoms with Gasteiger partial charge < -0.3 is 19.1 Å². The van der Waals surface area contributed by atoms with Crippen LogP contribution in [0.5, 0.6) is 0 Å². The maximum Gasteiger partial charge on any atom is 0.254 e. The van der Waals surface area contributed by atoms with Gasteiger partial charge in [-0.25, -0.2) is 0 Å². The molecule has 0 spiro atoms. The topological polar surface area (TPSA) is 54.8 Å². The minimum absolute atomic E-state index is 0.00766. The standard InChI is InChI=1S/C27H32BrN3O3/c1-21(2)31(19-25-13-8-14-29(25)18-22-9-5-4-6-10-22)26(32)20-30(15-16-34-3)27(33)23-11-7-12-24(28)17-23/h4-14,17,21H,15-16,18-20H2,1-3H3. The second kappa shape index (κ2) is 12.5. The van der Waals surface area contributed by atoms with Crippen molar-refractivity contribution in [3.8, 4) is 0 Å². The van der Waals surface area contributed by atoms with Crippen LogP contribution in [0.3, 0.4) is 0 Å². The highest BCUT2D eigenvalue weighted by Gasteiger charge is 2.24. The fraction of sp³-hybridized carbons (Fsp3) is 0.333. The molecule has 3 aromatic rings. The Kier molecular flexibility index (Phi) is 9.48. The Labute approximate surface area is 210 Å². The summed E-state index contributed by atoms with van der Waals surface area (Å²) in [5.74, 6) is -0.287. The number of aromatic nitrogens is 1. The van der Waals surface area contributed by atoms with E-state index in [4.69, 9.17) is 4.74 Å². The molecule has 0 aliphatic rings. The summed E-state index contributed by atoms with van der Waals surface area (Å²) >= 11 is 3.42. The van der Waals surface area contributed by atoms with Crippen molar-refractivity contribution in [1.29, 1.82) is 0 Å². The van der Waals surface area contributed by atoms with Crippen molar-refractivity contribution < 1.29 is 14.3 Å². The minimum Gasteiger partial charge on any atom is -0.383 e. The molecular formula is C27H32BrN3O3. The smallest absolute Gasteiger partial charge is 0.254 e. The summed E-state index contributed by atoms with van der Waals surface area (Å²) in [7, 11) is 1.59. The molecule has 0 aliphatic heterocycles. The molecule has 180 valence electrons. The van der Waals surface area contributed by atoms with Crippen LogP contribution in [0.25, 0.3) is 0 Å². The van der Waals surface area contributed by atoms with Crippen LogP contribution in [-0.4, -0.2) is 59.0 Å².